The van der Waals surface area contributed by atoms with Gasteiger partial charge in [0.1, 0.15) is 12.3 Å². The molecule has 0 radical (unpaired) electrons. The van der Waals surface area contributed by atoms with Gasteiger partial charge in [-0.15, -0.1) is 0 Å². The molecule has 2 heterocycles. The van der Waals surface area contributed by atoms with Gasteiger partial charge in [-0.2, -0.15) is 0 Å². The number of nitrogens with zero attached hydrogens (tertiary/aromatic N) is 4. The highest BCUT2D eigenvalue weighted by Gasteiger charge is 2.36. The fourth-order valence-corrected chi connectivity index (χ4v) is 3.89. The maximum atomic E-state index is 12.8. The lowest BCUT2D eigenvalue weighted by Gasteiger charge is -2.35. The third-order valence-electron chi connectivity index (χ3n) is 5.75. The van der Waals surface area contributed by atoms with Crippen LogP contribution in [-0.2, 0) is 9.59 Å². The summed E-state index contributed by atoms with van der Waals surface area (Å²) < 4.78 is 5.44. The molecule has 8 heteroatoms. The van der Waals surface area contributed by atoms with Crippen molar-refractivity contribution in [3.05, 3.63) is 24.3 Å². The zero-order chi connectivity index (χ0) is 20.4. The molecule has 1 aromatic carbocycles. The predicted octanol–water partition coefficient (Wildman–Crippen LogP) is 1.41. The number of hydrogen-bond acceptors (Lipinski definition) is 4. The standard InChI is InChI=1S/C21H28N4O4/c1-2-29-18-7-5-17(6-8-18)25-14-13-24(21(25)28)15-19(26)22-9-11-23(12-10-22)20(27)16-3-4-16/h5-8,16H,2-4,9-15H2,1H3. The van der Waals surface area contributed by atoms with Gasteiger partial charge in [-0.05, 0) is 44.0 Å². The lowest BCUT2D eigenvalue weighted by molar-refractivity contribution is -0.140. The molecular weight excluding hydrogens is 372 g/mol. The van der Waals surface area contributed by atoms with Gasteiger partial charge in [0.2, 0.25) is 11.8 Å². The van der Waals surface area contributed by atoms with Crippen molar-refractivity contribution in [2.75, 3.05) is 57.3 Å². The SMILES string of the molecule is CCOc1ccc(N2CCN(CC(=O)N3CCN(C(=O)C4CC4)CC3)C2=O)cc1. The first-order chi connectivity index (χ1) is 14.1. The Hall–Kier alpha value is -2.77. The molecule has 0 aromatic heterocycles. The van der Waals surface area contributed by atoms with Crippen molar-refractivity contribution >= 4 is 23.5 Å². The average molecular weight is 400 g/mol. The summed E-state index contributed by atoms with van der Waals surface area (Å²) >= 11 is 0. The highest BCUT2D eigenvalue weighted by molar-refractivity contribution is 5.96. The van der Waals surface area contributed by atoms with Crippen LogP contribution in [0.4, 0.5) is 10.5 Å². The topological polar surface area (TPSA) is 73.4 Å². The number of rotatable bonds is 6. The second-order valence-electron chi connectivity index (χ2n) is 7.76. The molecule has 4 amide bonds. The molecule has 3 aliphatic rings. The fourth-order valence-electron chi connectivity index (χ4n) is 3.89. The minimum absolute atomic E-state index is 0.0505. The number of carbonyl (C=O) groups excluding carboxylic acids is 3. The number of ether oxygens (including phenoxy) is 1. The van der Waals surface area contributed by atoms with E-state index in [0.29, 0.717) is 45.9 Å². The van der Waals surface area contributed by atoms with Crippen molar-refractivity contribution in [2.45, 2.75) is 19.8 Å². The van der Waals surface area contributed by atoms with Gasteiger partial charge in [-0.25, -0.2) is 4.79 Å². The van der Waals surface area contributed by atoms with Crippen LogP contribution in [0.3, 0.4) is 0 Å². The van der Waals surface area contributed by atoms with Crippen LogP contribution >= 0.6 is 0 Å². The van der Waals surface area contributed by atoms with Crippen LogP contribution in [0.25, 0.3) is 0 Å². The quantitative estimate of drug-likeness (QED) is 0.724. The van der Waals surface area contributed by atoms with E-state index in [1.807, 2.05) is 36.1 Å². The molecule has 2 saturated heterocycles. The van der Waals surface area contributed by atoms with Gasteiger partial charge in [0, 0.05) is 50.9 Å². The molecule has 29 heavy (non-hydrogen) atoms. The zero-order valence-electron chi connectivity index (χ0n) is 16.9. The van der Waals surface area contributed by atoms with Crippen molar-refractivity contribution in [2.24, 2.45) is 5.92 Å². The highest BCUT2D eigenvalue weighted by atomic mass is 16.5. The number of hydrogen-bond donors (Lipinski definition) is 0. The van der Waals surface area contributed by atoms with Crippen molar-refractivity contribution in [3.63, 3.8) is 0 Å². The van der Waals surface area contributed by atoms with Gasteiger partial charge in [-0.1, -0.05) is 0 Å². The largest absolute Gasteiger partial charge is 0.494 e. The van der Waals surface area contributed by atoms with E-state index in [2.05, 4.69) is 0 Å². The Morgan fingerprint density at radius 2 is 1.62 bits per heavy atom. The summed E-state index contributed by atoms with van der Waals surface area (Å²) in [4.78, 5) is 44.5. The summed E-state index contributed by atoms with van der Waals surface area (Å²) in [6.07, 6.45) is 2.00. The van der Waals surface area contributed by atoms with Crippen LogP contribution in [-0.4, -0.2) is 85.0 Å². The van der Waals surface area contributed by atoms with Crippen molar-refractivity contribution in [1.29, 1.82) is 0 Å². The molecule has 8 nitrogen and oxygen atoms in total. The molecule has 3 fully saturated rings. The molecule has 0 N–H and O–H groups in total. The molecule has 0 atom stereocenters. The summed E-state index contributed by atoms with van der Waals surface area (Å²) in [5.74, 6) is 1.17. The summed E-state index contributed by atoms with van der Waals surface area (Å²) in [5, 5.41) is 0. The number of urea groups is 1. The Morgan fingerprint density at radius 3 is 2.24 bits per heavy atom. The third kappa shape index (κ3) is 4.31. The Morgan fingerprint density at radius 1 is 0.966 bits per heavy atom. The van der Waals surface area contributed by atoms with E-state index in [9.17, 15) is 14.4 Å². The number of piperazine rings is 1. The zero-order valence-corrected chi connectivity index (χ0v) is 16.9. The average Bonchev–Trinajstić information content (AvgIpc) is 3.53. The van der Waals surface area contributed by atoms with Crippen LogP contribution in [0.5, 0.6) is 5.75 Å². The van der Waals surface area contributed by atoms with Crippen molar-refractivity contribution < 1.29 is 19.1 Å². The van der Waals surface area contributed by atoms with Crippen molar-refractivity contribution in [1.82, 2.24) is 14.7 Å². The number of anilines is 1. The Balaban J connectivity index is 1.28. The summed E-state index contributed by atoms with van der Waals surface area (Å²) in [7, 11) is 0. The molecule has 0 unspecified atom stereocenters. The monoisotopic (exact) mass is 400 g/mol. The third-order valence-corrected chi connectivity index (χ3v) is 5.75. The van der Waals surface area contributed by atoms with Gasteiger partial charge in [0.15, 0.2) is 0 Å². The highest BCUT2D eigenvalue weighted by Crippen LogP contribution is 2.31. The summed E-state index contributed by atoms with van der Waals surface area (Å²) in [6.45, 7) is 5.97. The van der Waals surface area contributed by atoms with E-state index in [1.165, 1.54) is 0 Å². The van der Waals surface area contributed by atoms with Crippen molar-refractivity contribution in [3.8, 4) is 5.75 Å². The molecule has 1 aliphatic carbocycles. The van der Waals surface area contributed by atoms with E-state index in [0.717, 1.165) is 24.3 Å². The second-order valence-corrected chi connectivity index (χ2v) is 7.76. The Bertz CT molecular complexity index is 769. The summed E-state index contributed by atoms with van der Waals surface area (Å²) in [6, 6.07) is 7.28. The molecule has 0 bridgehead atoms. The minimum Gasteiger partial charge on any atom is -0.494 e. The first-order valence-electron chi connectivity index (χ1n) is 10.4. The molecule has 1 aromatic rings. The summed E-state index contributed by atoms with van der Waals surface area (Å²) in [5.41, 5.74) is 0.806. The first kappa shape index (κ1) is 19.5. The molecule has 0 spiro atoms. The Labute approximate surface area is 171 Å². The predicted molar refractivity (Wildman–Crippen MR) is 108 cm³/mol. The molecule has 1 saturated carbocycles. The van der Waals surface area contributed by atoms with Gasteiger partial charge >= 0.3 is 6.03 Å². The molecule has 2 aliphatic heterocycles. The van der Waals surface area contributed by atoms with Crippen LogP contribution < -0.4 is 9.64 Å². The molecule has 156 valence electrons. The lowest BCUT2D eigenvalue weighted by atomic mass is 10.2. The van der Waals surface area contributed by atoms with Crippen LogP contribution in [0.2, 0.25) is 0 Å². The van der Waals surface area contributed by atoms with Gasteiger partial charge < -0.3 is 19.4 Å². The molecule has 4 rings (SSSR count). The number of amides is 4. The fraction of sp³-hybridized carbons (Fsp3) is 0.571. The Kier molecular flexibility index (Phi) is 5.60. The van der Waals surface area contributed by atoms with Gasteiger partial charge in [0.05, 0.1) is 6.61 Å². The van der Waals surface area contributed by atoms with E-state index >= 15 is 0 Å². The molecular formula is C21H28N4O4. The van der Waals surface area contributed by atoms with E-state index in [-0.39, 0.29) is 30.3 Å². The maximum Gasteiger partial charge on any atom is 0.325 e. The number of benzene rings is 1. The van der Waals surface area contributed by atoms with Crippen LogP contribution in [0.1, 0.15) is 19.8 Å². The smallest absolute Gasteiger partial charge is 0.325 e. The van der Waals surface area contributed by atoms with E-state index in [1.54, 1.807) is 14.7 Å². The normalized spacial score (nSPS) is 19.7. The lowest BCUT2D eigenvalue weighted by Crippen LogP contribution is -2.53. The first-order valence-corrected chi connectivity index (χ1v) is 10.4. The van der Waals surface area contributed by atoms with Gasteiger partial charge in [0.25, 0.3) is 0 Å². The van der Waals surface area contributed by atoms with Gasteiger partial charge in [-0.3, -0.25) is 14.5 Å². The van der Waals surface area contributed by atoms with E-state index in [4.69, 9.17) is 4.74 Å². The number of carbonyl (C=O) groups is 3. The second kappa shape index (κ2) is 8.31. The minimum atomic E-state index is -0.148. The van der Waals surface area contributed by atoms with E-state index < -0.39 is 0 Å². The maximum absolute atomic E-state index is 12.8. The van der Waals surface area contributed by atoms with Crippen LogP contribution in [0, 0.1) is 5.92 Å². The van der Waals surface area contributed by atoms with Crippen LogP contribution in [0.15, 0.2) is 24.3 Å².